The molecule has 30 heavy (non-hydrogen) atoms. The maximum Gasteiger partial charge on any atom is 0.411 e. The largest absolute Gasteiger partial charge is 0.457 e. The highest BCUT2D eigenvalue weighted by Crippen LogP contribution is 2.28. The quantitative estimate of drug-likeness (QED) is 0.549. The molecule has 0 saturated carbocycles. The van der Waals surface area contributed by atoms with Gasteiger partial charge in [-0.2, -0.15) is 0 Å². The third kappa shape index (κ3) is 5.90. The van der Waals surface area contributed by atoms with E-state index < -0.39 is 12.2 Å². The van der Waals surface area contributed by atoms with Crippen molar-refractivity contribution in [1.29, 1.82) is 0 Å². The third-order valence-corrected chi connectivity index (χ3v) is 3.87. The summed E-state index contributed by atoms with van der Waals surface area (Å²) in [7, 11) is 2.61. The van der Waals surface area contributed by atoms with Crippen LogP contribution in [0.25, 0.3) is 0 Å². The molecule has 8 heteroatoms. The molecule has 0 bridgehead atoms. The zero-order valence-corrected chi connectivity index (χ0v) is 16.4. The Balaban J connectivity index is 1.56. The van der Waals surface area contributed by atoms with Crippen LogP contribution in [0, 0.1) is 0 Å². The van der Waals surface area contributed by atoms with E-state index in [2.05, 4.69) is 20.1 Å². The first-order valence-electron chi connectivity index (χ1n) is 8.91. The molecule has 0 aromatic heterocycles. The van der Waals surface area contributed by atoms with Gasteiger partial charge in [0, 0.05) is 11.4 Å². The Bertz CT molecular complexity index is 903. The highest BCUT2D eigenvalue weighted by molar-refractivity contribution is 5.85. The summed E-state index contributed by atoms with van der Waals surface area (Å²) in [6, 6.07) is 20.9. The van der Waals surface area contributed by atoms with Crippen LogP contribution in [0.5, 0.6) is 23.0 Å². The molecule has 0 aliphatic rings. The number of carbonyl (C=O) groups is 2. The van der Waals surface area contributed by atoms with Gasteiger partial charge in [0.15, 0.2) is 0 Å². The molecule has 3 aromatic carbocycles. The van der Waals surface area contributed by atoms with Gasteiger partial charge in [-0.1, -0.05) is 0 Å². The van der Waals surface area contributed by atoms with E-state index in [4.69, 9.17) is 9.47 Å². The molecule has 0 spiro atoms. The second-order valence-electron chi connectivity index (χ2n) is 5.96. The zero-order chi connectivity index (χ0) is 21.3. The van der Waals surface area contributed by atoms with Crippen LogP contribution in [-0.4, -0.2) is 26.4 Å². The summed E-state index contributed by atoms with van der Waals surface area (Å²) < 4.78 is 20.7. The number of amides is 2. The minimum Gasteiger partial charge on any atom is -0.457 e. The summed E-state index contributed by atoms with van der Waals surface area (Å²) in [5, 5.41) is 5.14. The molecule has 3 rings (SSSR count). The van der Waals surface area contributed by atoms with E-state index in [-0.39, 0.29) is 0 Å². The van der Waals surface area contributed by atoms with Gasteiger partial charge in [-0.15, -0.1) is 0 Å². The summed E-state index contributed by atoms with van der Waals surface area (Å²) in [5.41, 5.74) is 1.21. The van der Waals surface area contributed by atoms with Crippen molar-refractivity contribution in [2.45, 2.75) is 0 Å². The first-order chi connectivity index (χ1) is 14.6. The van der Waals surface area contributed by atoms with Crippen molar-refractivity contribution in [2.24, 2.45) is 0 Å². The molecular formula is C22H20N2O6. The molecule has 8 nitrogen and oxygen atoms in total. The average molecular weight is 408 g/mol. The molecule has 2 amide bonds. The maximum absolute atomic E-state index is 11.2. The highest BCUT2D eigenvalue weighted by Gasteiger charge is 2.04. The third-order valence-electron chi connectivity index (χ3n) is 3.87. The fourth-order valence-electron chi connectivity index (χ4n) is 2.40. The number of ether oxygens (including phenoxy) is 4. The molecule has 0 radical (unpaired) electrons. The van der Waals surface area contributed by atoms with Crippen molar-refractivity contribution >= 4 is 23.6 Å². The van der Waals surface area contributed by atoms with Gasteiger partial charge >= 0.3 is 12.2 Å². The minimum absolute atomic E-state index is 0.534. The first-order valence-corrected chi connectivity index (χ1v) is 8.91. The van der Waals surface area contributed by atoms with Gasteiger partial charge in [-0.05, 0) is 72.8 Å². The lowest BCUT2D eigenvalue weighted by atomic mass is 10.3. The lowest BCUT2D eigenvalue weighted by Crippen LogP contribution is -2.10. The van der Waals surface area contributed by atoms with Gasteiger partial charge in [0.2, 0.25) is 0 Å². The number of carbonyl (C=O) groups excluding carboxylic acids is 2. The van der Waals surface area contributed by atoms with E-state index in [0.717, 1.165) is 0 Å². The smallest absolute Gasteiger partial charge is 0.411 e. The monoisotopic (exact) mass is 408 g/mol. The number of rotatable bonds is 6. The topological polar surface area (TPSA) is 95.1 Å². The molecule has 0 atom stereocenters. The van der Waals surface area contributed by atoms with Crippen LogP contribution in [0.4, 0.5) is 21.0 Å². The van der Waals surface area contributed by atoms with Crippen molar-refractivity contribution in [1.82, 2.24) is 0 Å². The fraction of sp³-hybridized carbons (Fsp3) is 0.0909. The first kappa shape index (κ1) is 20.5. The van der Waals surface area contributed by atoms with Gasteiger partial charge in [-0.25, -0.2) is 9.59 Å². The van der Waals surface area contributed by atoms with Crippen LogP contribution in [-0.2, 0) is 9.47 Å². The molecule has 0 fully saturated rings. The van der Waals surface area contributed by atoms with E-state index >= 15 is 0 Å². The Labute approximate surface area is 173 Å². The minimum atomic E-state index is -0.534. The molecule has 0 heterocycles. The molecule has 154 valence electrons. The SMILES string of the molecule is COC(=O)Nc1ccc(Oc2ccc(Oc3ccc(NC(=O)OC)cc3)cc2)cc1. The Morgan fingerprint density at radius 2 is 0.800 bits per heavy atom. The number of hydrogen-bond donors (Lipinski definition) is 2. The lowest BCUT2D eigenvalue weighted by molar-refractivity contribution is 0.186. The molecule has 0 aliphatic carbocycles. The zero-order valence-electron chi connectivity index (χ0n) is 16.4. The van der Waals surface area contributed by atoms with E-state index in [1.165, 1.54) is 14.2 Å². The Morgan fingerprint density at radius 1 is 0.533 bits per heavy atom. The summed E-state index contributed by atoms with van der Waals surface area (Å²) in [5.74, 6) is 2.50. The second-order valence-corrected chi connectivity index (χ2v) is 5.96. The maximum atomic E-state index is 11.2. The molecule has 2 N–H and O–H groups in total. The summed E-state index contributed by atoms with van der Waals surface area (Å²) >= 11 is 0. The molecule has 3 aromatic rings. The van der Waals surface area contributed by atoms with Crippen molar-refractivity contribution in [3.8, 4) is 23.0 Å². The second kappa shape index (κ2) is 9.83. The summed E-state index contributed by atoms with van der Waals surface area (Å²) in [6.07, 6.45) is -1.07. The van der Waals surface area contributed by atoms with Crippen LogP contribution in [0.1, 0.15) is 0 Å². The summed E-state index contributed by atoms with van der Waals surface area (Å²) in [4.78, 5) is 22.4. The van der Waals surface area contributed by atoms with Crippen LogP contribution >= 0.6 is 0 Å². The van der Waals surface area contributed by atoms with Crippen LogP contribution in [0.2, 0.25) is 0 Å². The predicted octanol–water partition coefficient (Wildman–Crippen LogP) is 5.63. The van der Waals surface area contributed by atoms with Crippen molar-refractivity contribution < 1.29 is 28.5 Å². The van der Waals surface area contributed by atoms with E-state index in [1.54, 1.807) is 72.8 Å². The molecule has 0 unspecified atom stereocenters. The van der Waals surface area contributed by atoms with Crippen molar-refractivity contribution in [3.63, 3.8) is 0 Å². The standard InChI is InChI=1S/C22H20N2O6/c1-27-21(25)23-15-3-7-17(8-4-15)29-19-11-13-20(14-12-19)30-18-9-5-16(6-10-18)24-22(26)28-2/h3-14H,1-2H3,(H,23,25)(H,24,26). The van der Waals surface area contributed by atoms with Crippen LogP contribution < -0.4 is 20.1 Å². The molecule has 0 aliphatic heterocycles. The van der Waals surface area contributed by atoms with Crippen LogP contribution in [0.15, 0.2) is 72.8 Å². The number of anilines is 2. The molecular weight excluding hydrogens is 388 g/mol. The number of benzene rings is 3. The van der Waals surface area contributed by atoms with Crippen LogP contribution in [0.3, 0.4) is 0 Å². The van der Waals surface area contributed by atoms with Gasteiger partial charge < -0.3 is 18.9 Å². The van der Waals surface area contributed by atoms with Gasteiger partial charge in [-0.3, -0.25) is 10.6 Å². The highest BCUT2D eigenvalue weighted by atomic mass is 16.5. The number of hydrogen-bond acceptors (Lipinski definition) is 6. The predicted molar refractivity (Wildman–Crippen MR) is 112 cm³/mol. The average Bonchev–Trinajstić information content (AvgIpc) is 2.77. The van der Waals surface area contributed by atoms with E-state index in [1.807, 2.05) is 0 Å². The van der Waals surface area contributed by atoms with Gasteiger partial charge in [0.05, 0.1) is 14.2 Å². The van der Waals surface area contributed by atoms with E-state index in [9.17, 15) is 9.59 Å². The van der Waals surface area contributed by atoms with Gasteiger partial charge in [0.1, 0.15) is 23.0 Å². The summed E-state index contributed by atoms with van der Waals surface area (Å²) in [6.45, 7) is 0. The number of methoxy groups -OCH3 is 2. The van der Waals surface area contributed by atoms with E-state index in [0.29, 0.717) is 34.4 Å². The Hall–Kier alpha value is -4.20. The van der Waals surface area contributed by atoms with Crippen molar-refractivity contribution in [2.75, 3.05) is 24.9 Å². The van der Waals surface area contributed by atoms with Gasteiger partial charge in [0.25, 0.3) is 0 Å². The fourth-order valence-corrected chi connectivity index (χ4v) is 2.40. The normalized spacial score (nSPS) is 9.93. The van der Waals surface area contributed by atoms with Crippen molar-refractivity contribution in [3.05, 3.63) is 72.8 Å². The molecule has 0 saturated heterocycles. The lowest BCUT2D eigenvalue weighted by Gasteiger charge is -2.10. The Kier molecular flexibility index (Phi) is 6.73. The number of nitrogens with one attached hydrogen (secondary N) is 2. The Morgan fingerprint density at radius 3 is 1.07 bits per heavy atom.